The van der Waals surface area contributed by atoms with E-state index in [1.807, 2.05) is 24.3 Å². The Bertz CT molecular complexity index is 955. The van der Waals surface area contributed by atoms with Crippen LogP contribution in [-0.4, -0.2) is 41.4 Å². The maximum absolute atomic E-state index is 14.0. The molecule has 0 radical (unpaired) electrons. The van der Waals surface area contributed by atoms with Gasteiger partial charge in [-0.05, 0) is 48.8 Å². The van der Waals surface area contributed by atoms with Crippen molar-refractivity contribution >= 4 is 17.5 Å². The van der Waals surface area contributed by atoms with Crippen LogP contribution < -0.4 is 27.2 Å². The Hall–Kier alpha value is -3.25. The molecular weight excluding hydrogens is 442 g/mol. The van der Waals surface area contributed by atoms with Crippen LogP contribution in [0.25, 0.3) is 0 Å². The first-order valence-corrected chi connectivity index (χ1v) is 12.5. The fourth-order valence-corrected chi connectivity index (χ4v) is 4.95. The lowest BCUT2D eigenvalue weighted by Crippen LogP contribution is -2.58. The van der Waals surface area contributed by atoms with Gasteiger partial charge in [0.1, 0.15) is 6.04 Å². The highest BCUT2D eigenvalue weighted by molar-refractivity contribution is 6.05. The van der Waals surface area contributed by atoms with Gasteiger partial charge in [-0.2, -0.15) is 5.26 Å². The quantitative estimate of drug-likeness (QED) is 0.266. The van der Waals surface area contributed by atoms with Crippen LogP contribution >= 0.6 is 0 Å². The van der Waals surface area contributed by atoms with Crippen molar-refractivity contribution in [3.8, 4) is 6.19 Å². The van der Waals surface area contributed by atoms with Crippen LogP contribution in [0.4, 0.5) is 5.69 Å². The van der Waals surface area contributed by atoms with Crippen LogP contribution in [0.3, 0.4) is 0 Å². The van der Waals surface area contributed by atoms with Gasteiger partial charge in [-0.3, -0.25) is 25.2 Å². The van der Waals surface area contributed by atoms with E-state index >= 15 is 0 Å². The summed E-state index contributed by atoms with van der Waals surface area (Å²) in [6, 6.07) is 5.89. The van der Waals surface area contributed by atoms with Gasteiger partial charge in [0.25, 0.3) is 5.91 Å². The molecule has 2 atom stereocenters. The minimum Gasteiger partial charge on any atom is -0.399 e. The molecule has 0 aromatic heterocycles. The van der Waals surface area contributed by atoms with Gasteiger partial charge in [0, 0.05) is 24.5 Å². The number of benzene rings is 1. The summed E-state index contributed by atoms with van der Waals surface area (Å²) in [5.74, 6) is 4.83. The SMILES string of the molecule is CC(C)(C)c1ccc(N(C(=O)C2CCCN2C#N)C(C(=O)NC2CCCCC2)/C(N)=C/NN)cc1. The minimum atomic E-state index is -1.11. The molecule has 35 heavy (non-hydrogen) atoms. The first kappa shape index (κ1) is 26.4. The van der Waals surface area contributed by atoms with E-state index in [2.05, 4.69) is 37.7 Å². The normalized spacial score (nSPS) is 20.1. The lowest BCUT2D eigenvalue weighted by atomic mass is 9.87. The Morgan fingerprint density at radius 2 is 1.80 bits per heavy atom. The smallest absolute Gasteiger partial charge is 0.251 e. The molecule has 1 aromatic carbocycles. The average molecular weight is 482 g/mol. The highest BCUT2D eigenvalue weighted by Gasteiger charge is 2.41. The molecule has 1 aromatic rings. The third-order valence-electron chi connectivity index (χ3n) is 6.94. The summed E-state index contributed by atoms with van der Waals surface area (Å²) in [4.78, 5) is 30.5. The molecular formula is C26H39N7O2. The number of hydrogen-bond acceptors (Lipinski definition) is 7. The van der Waals surface area contributed by atoms with E-state index in [0.29, 0.717) is 18.7 Å². The van der Waals surface area contributed by atoms with Crippen molar-refractivity contribution in [2.24, 2.45) is 11.6 Å². The van der Waals surface area contributed by atoms with Crippen LogP contribution in [0.15, 0.2) is 36.2 Å². The average Bonchev–Trinajstić information content (AvgIpc) is 3.31. The van der Waals surface area contributed by atoms with Crippen molar-refractivity contribution in [1.29, 1.82) is 5.26 Å². The third kappa shape index (κ3) is 6.25. The summed E-state index contributed by atoms with van der Waals surface area (Å²) in [7, 11) is 0. The molecule has 1 aliphatic heterocycles. The van der Waals surface area contributed by atoms with Gasteiger partial charge in [-0.15, -0.1) is 0 Å². The number of hydrazine groups is 1. The van der Waals surface area contributed by atoms with Crippen molar-refractivity contribution in [3.05, 3.63) is 41.7 Å². The summed E-state index contributed by atoms with van der Waals surface area (Å²) in [6.07, 6.45) is 9.81. The Morgan fingerprint density at radius 1 is 1.14 bits per heavy atom. The number of amides is 2. The van der Waals surface area contributed by atoms with E-state index in [4.69, 9.17) is 11.6 Å². The predicted octanol–water partition coefficient (Wildman–Crippen LogP) is 2.34. The number of nitrogens with one attached hydrogen (secondary N) is 2. The van der Waals surface area contributed by atoms with Crippen LogP contribution in [-0.2, 0) is 15.0 Å². The van der Waals surface area contributed by atoms with E-state index in [0.717, 1.165) is 44.1 Å². The predicted molar refractivity (Wildman–Crippen MR) is 136 cm³/mol. The van der Waals surface area contributed by atoms with Gasteiger partial charge in [-0.1, -0.05) is 52.2 Å². The van der Waals surface area contributed by atoms with Gasteiger partial charge in [-0.25, -0.2) is 0 Å². The van der Waals surface area contributed by atoms with Crippen LogP contribution in [0.1, 0.15) is 71.3 Å². The first-order valence-electron chi connectivity index (χ1n) is 12.5. The Morgan fingerprint density at radius 3 is 2.37 bits per heavy atom. The maximum Gasteiger partial charge on any atom is 0.251 e. The zero-order valence-corrected chi connectivity index (χ0v) is 21.1. The highest BCUT2D eigenvalue weighted by atomic mass is 16.2. The van der Waals surface area contributed by atoms with Crippen molar-refractivity contribution in [3.63, 3.8) is 0 Å². The van der Waals surface area contributed by atoms with Crippen molar-refractivity contribution in [2.75, 3.05) is 11.4 Å². The van der Waals surface area contributed by atoms with E-state index in [9.17, 15) is 14.9 Å². The molecule has 6 N–H and O–H groups in total. The number of carbonyl (C=O) groups is 2. The number of carbonyl (C=O) groups excluding carboxylic acids is 2. The topological polar surface area (TPSA) is 141 Å². The number of anilines is 1. The molecule has 0 spiro atoms. The van der Waals surface area contributed by atoms with Crippen LogP contribution in [0.2, 0.25) is 0 Å². The van der Waals surface area contributed by atoms with Gasteiger partial charge >= 0.3 is 0 Å². The molecule has 190 valence electrons. The molecule has 2 amide bonds. The monoisotopic (exact) mass is 481 g/mol. The number of hydrogen-bond donors (Lipinski definition) is 4. The van der Waals surface area contributed by atoms with E-state index in [1.54, 1.807) is 0 Å². The molecule has 1 saturated carbocycles. The van der Waals surface area contributed by atoms with E-state index < -0.39 is 12.1 Å². The Labute approximate surface area is 208 Å². The first-order chi connectivity index (χ1) is 16.7. The van der Waals surface area contributed by atoms with Gasteiger partial charge in [0.05, 0.1) is 5.70 Å². The second-order valence-electron chi connectivity index (χ2n) is 10.5. The summed E-state index contributed by atoms with van der Waals surface area (Å²) in [5, 5.41) is 12.7. The molecule has 1 heterocycles. The second kappa shape index (κ2) is 11.5. The van der Waals surface area contributed by atoms with Gasteiger partial charge < -0.3 is 16.5 Å². The number of nitrogens with zero attached hydrogens (tertiary/aromatic N) is 3. The lowest BCUT2D eigenvalue weighted by Gasteiger charge is -2.36. The molecule has 1 aliphatic carbocycles. The van der Waals surface area contributed by atoms with E-state index in [1.165, 1.54) is 16.0 Å². The Balaban J connectivity index is 2.04. The summed E-state index contributed by atoms with van der Waals surface area (Å²) in [6.45, 7) is 6.85. The molecule has 0 bridgehead atoms. The number of nitriles is 1. The lowest BCUT2D eigenvalue weighted by molar-refractivity contribution is -0.127. The van der Waals surface area contributed by atoms with Crippen LogP contribution in [0, 0.1) is 11.5 Å². The summed E-state index contributed by atoms with van der Waals surface area (Å²) in [5.41, 5.74) is 10.5. The minimum absolute atomic E-state index is 0.0414. The van der Waals surface area contributed by atoms with Crippen molar-refractivity contribution < 1.29 is 9.59 Å². The third-order valence-corrected chi connectivity index (χ3v) is 6.94. The molecule has 2 aliphatic rings. The van der Waals surface area contributed by atoms with Crippen molar-refractivity contribution in [1.82, 2.24) is 15.6 Å². The van der Waals surface area contributed by atoms with Crippen LogP contribution in [0.5, 0.6) is 0 Å². The fourth-order valence-electron chi connectivity index (χ4n) is 4.95. The molecule has 2 fully saturated rings. The Kier molecular flexibility index (Phi) is 8.62. The standard InChI is InChI=1S/C26H39N7O2/c1-26(2,3)18-11-13-20(14-12-18)33(25(35)22-10-7-15-32(22)17-27)23(21(28)16-30-29)24(34)31-19-8-5-4-6-9-19/h11-14,16,19,22-23,30H,4-10,15,28-29H2,1-3H3,(H,31,34)/b21-16-. The largest absolute Gasteiger partial charge is 0.399 e. The van der Waals surface area contributed by atoms with Gasteiger partial charge in [0.15, 0.2) is 12.2 Å². The molecule has 9 nitrogen and oxygen atoms in total. The summed E-state index contributed by atoms with van der Waals surface area (Å²) >= 11 is 0. The zero-order chi connectivity index (χ0) is 25.6. The number of rotatable bonds is 7. The zero-order valence-electron chi connectivity index (χ0n) is 21.1. The molecule has 1 saturated heterocycles. The molecule has 3 rings (SSSR count). The highest BCUT2D eigenvalue weighted by Crippen LogP contribution is 2.29. The van der Waals surface area contributed by atoms with E-state index in [-0.39, 0.29) is 29.0 Å². The molecule has 9 heteroatoms. The summed E-state index contributed by atoms with van der Waals surface area (Å²) < 4.78 is 0. The fraction of sp³-hybridized carbons (Fsp3) is 0.577. The maximum atomic E-state index is 14.0. The van der Waals surface area contributed by atoms with Gasteiger partial charge in [0.2, 0.25) is 5.91 Å². The number of likely N-dealkylation sites (tertiary alicyclic amines) is 1. The van der Waals surface area contributed by atoms with Crippen molar-refractivity contribution in [2.45, 2.75) is 89.3 Å². The second-order valence-corrected chi connectivity index (χ2v) is 10.5. The number of nitrogens with two attached hydrogens (primary N) is 2. The molecule has 2 unspecified atom stereocenters.